The average Bonchev–Trinajstić information content (AvgIpc) is 2.67. The number of hydrogen-bond acceptors (Lipinski definition) is 5. The molecule has 27 heavy (non-hydrogen) atoms. The number of esters is 1. The lowest BCUT2D eigenvalue weighted by molar-refractivity contribution is -0.142. The lowest BCUT2D eigenvalue weighted by Gasteiger charge is -2.18. The Labute approximate surface area is 161 Å². The van der Waals surface area contributed by atoms with Crippen molar-refractivity contribution in [2.75, 3.05) is 25.1 Å². The van der Waals surface area contributed by atoms with Crippen molar-refractivity contribution in [3.8, 4) is 11.5 Å². The number of carbonyl (C=O) groups is 2. The van der Waals surface area contributed by atoms with Gasteiger partial charge in [0, 0.05) is 16.8 Å². The lowest BCUT2D eigenvalue weighted by Crippen LogP contribution is -2.20. The van der Waals surface area contributed by atoms with E-state index in [1.165, 1.54) is 6.08 Å². The summed E-state index contributed by atoms with van der Waals surface area (Å²) in [5.74, 6) is 0.263. The molecule has 0 unspecified atom stereocenters. The Bertz CT molecular complexity index is 894. The van der Waals surface area contributed by atoms with Crippen molar-refractivity contribution in [3.05, 3.63) is 58.6 Å². The minimum Gasteiger partial charge on any atom is -0.486 e. The SMILES string of the molecule is Cc1cc(Cl)ccc1NC(=O)COC(=O)/C=C\c1ccc2c(c1)OCCO2. The van der Waals surface area contributed by atoms with Gasteiger partial charge in [-0.25, -0.2) is 4.79 Å². The fraction of sp³-hybridized carbons (Fsp3) is 0.200. The molecule has 1 N–H and O–H groups in total. The van der Waals surface area contributed by atoms with Crippen LogP contribution < -0.4 is 14.8 Å². The van der Waals surface area contributed by atoms with Crippen LogP contribution in [0, 0.1) is 6.92 Å². The molecule has 3 rings (SSSR count). The van der Waals surface area contributed by atoms with E-state index < -0.39 is 11.9 Å². The molecule has 0 aliphatic carbocycles. The van der Waals surface area contributed by atoms with Crippen molar-refractivity contribution in [1.29, 1.82) is 0 Å². The Morgan fingerprint density at radius 3 is 2.70 bits per heavy atom. The van der Waals surface area contributed by atoms with Crippen molar-refractivity contribution in [2.45, 2.75) is 6.92 Å². The summed E-state index contributed by atoms with van der Waals surface area (Å²) >= 11 is 5.88. The highest BCUT2D eigenvalue weighted by atomic mass is 35.5. The number of nitrogens with one attached hydrogen (secondary N) is 1. The average molecular weight is 388 g/mol. The number of aryl methyl sites for hydroxylation is 1. The van der Waals surface area contributed by atoms with E-state index >= 15 is 0 Å². The largest absolute Gasteiger partial charge is 0.486 e. The molecule has 0 spiro atoms. The van der Waals surface area contributed by atoms with E-state index in [4.69, 9.17) is 25.8 Å². The molecule has 2 aromatic rings. The topological polar surface area (TPSA) is 73.9 Å². The van der Waals surface area contributed by atoms with Gasteiger partial charge in [-0.3, -0.25) is 4.79 Å². The number of fused-ring (bicyclic) bond motifs is 1. The molecule has 140 valence electrons. The van der Waals surface area contributed by atoms with Gasteiger partial charge in [0.05, 0.1) is 0 Å². The molecule has 0 fully saturated rings. The summed E-state index contributed by atoms with van der Waals surface area (Å²) in [6.07, 6.45) is 2.84. The number of carbonyl (C=O) groups excluding carboxylic acids is 2. The fourth-order valence-corrected chi connectivity index (χ4v) is 2.69. The summed E-state index contributed by atoms with van der Waals surface area (Å²) in [5, 5.41) is 3.26. The summed E-state index contributed by atoms with van der Waals surface area (Å²) in [6, 6.07) is 10.5. The third kappa shape index (κ3) is 5.24. The van der Waals surface area contributed by atoms with Gasteiger partial charge in [-0.05, 0) is 54.5 Å². The second-order valence-corrected chi connectivity index (χ2v) is 6.29. The Morgan fingerprint density at radius 2 is 1.93 bits per heavy atom. The summed E-state index contributed by atoms with van der Waals surface area (Å²) in [7, 11) is 0. The fourth-order valence-electron chi connectivity index (χ4n) is 2.47. The zero-order chi connectivity index (χ0) is 19.2. The number of rotatable bonds is 5. The standard InChI is InChI=1S/C20H18ClNO5/c1-13-10-15(21)4-5-16(13)22-19(23)12-27-20(24)7-3-14-2-6-17-18(11-14)26-9-8-25-17/h2-7,10-11H,8-9,12H2,1H3,(H,22,23)/b7-3-. The van der Waals surface area contributed by atoms with Crippen LogP contribution in [0.25, 0.3) is 6.08 Å². The van der Waals surface area contributed by atoms with Gasteiger partial charge >= 0.3 is 5.97 Å². The van der Waals surface area contributed by atoms with Gasteiger partial charge in [0.1, 0.15) is 13.2 Å². The maximum Gasteiger partial charge on any atom is 0.331 e. The second-order valence-electron chi connectivity index (χ2n) is 5.85. The van der Waals surface area contributed by atoms with Crippen molar-refractivity contribution in [1.82, 2.24) is 0 Å². The molecule has 1 aliphatic rings. The van der Waals surface area contributed by atoms with Crippen molar-refractivity contribution >= 4 is 35.2 Å². The molecule has 1 heterocycles. The van der Waals surface area contributed by atoms with Crippen molar-refractivity contribution in [3.63, 3.8) is 0 Å². The van der Waals surface area contributed by atoms with Gasteiger partial charge in [0.15, 0.2) is 18.1 Å². The Balaban J connectivity index is 1.50. The normalized spacial score (nSPS) is 12.7. The van der Waals surface area contributed by atoms with E-state index in [1.807, 2.05) is 6.92 Å². The van der Waals surface area contributed by atoms with Crippen LogP contribution in [-0.4, -0.2) is 31.7 Å². The molecule has 7 heteroatoms. The zero-order valence-electron chi connectivity index (χ0n) is 14.7. The minimum absolute atomic E-state index is 0.383. The molecule has 2 aromatic carbocycles. The van der Waals surface area contributed by atoms with Crippen molar-refractivity contribution in [2.24, 2.45) is 0 Å². The molecule has 0 saturated carbocycles. The Morgan fingerprint density at radius 1 is 1.15 bits per heavy atom. The van der Waals surface area contributed by atoms with Crippen molar-refractivity contribution < 1.29 is 23.8 Å². The molecule has 1 amide bonds. The van der Waals surface area contributed by atoms with Crippen LogP contribution in [0.2, 0.25) is 5.02 Å². The maximum atomic E-state index is 11.9. The van der Waals surface area contributed by atoms with E-state index in [9.17, 15) is 9.59 Å². The van der Waals surface area contributed by atoms with Crippen LogP contribution >= 0.6 is 11.6 Å². The van der Waals surface area contributed by atoms with Crippen LogP contribution in [-0.2, 0) is 14.3 Å². The maximum absolute atomic E-state index is 11.9. The van der Waals surface area contributed by atoms with Crippen LogP contribution in [0.5, 0.6) is 11.5 Å². The summed E-state index contributed by atoms with van der Waals surface area (Å²) < 4.78 is 15.9. The zero-order valence-corrected chi connectivity index (χ0v) is 15.4. The van der Waals surface area contributed by atoms with E-state index in [0.717, 1.165) is 11.1 Å². The first kappa shape index (κ1) is 18.8. The molecule has 0 atom stereocenters. The first-order valence-electron chi connectivity index (χ1n) is 8.32. The van der Waals surface area contributed by atoms with Gasteiger partial charge in [0.25, 0.3) is 5.91 Å². The Kier molecular flexibility index (Phi) is 5.98. The van der Waals surface area contributed by atoms with Gasteiger partial charge in [-0.1, -0.05) is 17.7 Å². The number of hydrogen-bond donors (Lipinski definition) is 1. The molecule has 6 nitrogen and oxygen atoms in total. The highest BCUT2D eigenvalue weighted by Crippen LogP contribution is 2.31. The first-order chi connectivity index (χ1) is 13.0. The minimum atomic E-state index is -0.618. The molecule has 0 saturated heterocycles. The molecule has 0 bridgehead atoms. The third-order valence-corrected chi connectivity index (χ3v) is 4.02. The molecule has 0 aromatic heterocycles. The number of ether oxygens (including phenoxy) is 3. The smallest absolute Gasteiger partial charge is 0.331 e. The lowest BCUT2D eigenvalue weighted by atomic mass is 10.2. The highest BCUT2D eigenvalue weighted by Gasteiger charge is 2.11. The monoisotopic (exact) mass is 387 g/mol. The van der Waals surface area contributed by atoms with Crippen LogP contribution in [0.1, 0.15) is 11.1 Å². The van der Waals surface area contributed by atoms with Crippen LogP contribution in [0.4, 0.5) is 5.69 Å². The third-order valence-electron chi connectivity index (χ3n) is 3.79. The van der Waals surface area contributed by atoms with Crippen LogP contribution in [0.15, 0.2) is 42.5 Å². The number of anilines is 1. The number of benzene rings is 2. The van der Waals surface area contributed by atoms with Gasteiger partial charge < -0.3 is 19.5 Å². The van der Waals surface area contributed by atoms with E-state index in [2.05, 4.69) is 5.32 Å². The van der Waals surface area contributed by atoms with Gasteiger partial charge in [0.2, 0.25) is 0 Å². The molecular formula is C20H18ClNO5. The summed E-state index contributed by atoms with van der Waals surface area (Å²) in [4.78, 5) is 23.7. The predicted octanol–water partition coefficient (Wildman–Crippen LogP) is 3.61. The van der Waals surface area contributed by atoms with Gasteiger partial charge in [-0.15, -0.1) is 0 Å². The molecule has 0 radical (unpaired) electrons. The quantitative estimate of drug-likeness (QED) is 0.626. The van der Waals surface area contributed by atoms with E-state index in [0.29, 0.717) is 35.4 Å². The molecular weight excluding hydrogens is 370 g/mol. The van der Waals surface area contributed by atoms with Crippen LogP contribution in [0.3, 0.4) is 0 Å². The number of halogens is 1. The Hall–Kier alpha value is -2.99. The van der Waals surface area contributed by atoms with E-state index in [-0.39, 0.29) is 6.61 Å². The summed E-state index contributed by atoms with van der Waals surface area (Å²) in [6.45, 7) is 2.45. The highest BCUT2D eigenvalue weighted by molar-refractivity contribution is 6.30. The number of amides is 1. The first-order valence-corrected chi connectivity index (χ1v) is 8.69. The second kappa shape index (κ2) is 8.60. The van der Waals surface area contributed by atoms with E-state index in [1.54, 1.807) is 42.5 Å². The summed E-state index contributed by atoms with van der Waals surface area (Å²) in [5.41, 5.74) is 2.20. The van der Waals surface area contributed by atoms with Gasteiger partial charge in [-0.2, -0.15) is 0 Å². The predicted molar refractivity (Wildman–Crippen MR) is 102 cm³/mol. The molecule has 1 aliphatic heterocycles.